The summed E-state index contributed by atoms with van der Waals surface area (Å²) in [5.74, 6) is 0.868. The van der Waals surface area contributed by atoms with E-state index in [0.717, 1.165) is 17.3 Å². The summed E-state index contributed by atoms with van der Waals surface area (Å²) >= 11 is 0. The van der Waals surface area contributed by atoms with Gasteiger partial charge >= 0.3 is 0 Å². The topological polar surface area (TPSA) is 37.8 Å². The van der Waals surface area contributed by atoms with Gasteiger partial charge < -0.3 is 5.32 Å². The third kappa shape index (κ3) is 2.59. The van der Waals surface area contributed by atoms with Gasteiger partial charge in [-0.05, 0) is 39.0 Å². The van der Waals surface area contributed by atoms with Crippen LogP contribution in [-0.2, 0) is 0 Å². The van der Waals surface area contributed by atoms with Crippen LogP contribution in [0.25, 0.3) is 0 Å². The zero-order chi connectivity index (χ0) is 11.5. The lowest BCUT2D eigenvalue weighted by atomic mass is 10.1. The Kier molecular flexibility index (Phi) is 3.54. The highest BCUT2D eigenvalue weighted by Crippen LogP contribution is 2.26. The number of rotatable bonds is 3. The molecule has 2 rings (SSSR count). The quantitative estimate of drug-likeness (QED) is 0.849. The molecule has 1 aliphatic carbocycles. The maximum absolute atomic E-state index is 4.41. The zero-order valence-electron chi connectivity index (χ0n) is 10.4. The number of nitrogens with zero attached hydrogens (tertiary/aromatic N) is 2. The van der Waals surface area contributed by atoms with E-state index in [-0.39, 0.29) is 0 Å². The molecule has 1 aliphatic rings. The molecule has 0 aliphatic heterocycles. The van der Waals surface area contributed by atoms with Crippen LogP contribution in [0.2, 0.25) is 0 Å². The average molecular weight is 219 g/mol. The number of hydrogen-bond donors (Lipinski definition) is 1. The smallest absolute Gasteiger partial charge is 0.0782 e. The predicted octanol–water partition coefficient (Wildman–Crippen LogP) is 2.62. The predicted molar refractivity (Wildman–Crippen MR) is 65.1 cm³/mol. The maximum atomic E-state index is 4.41. The first-order valence-corrected chi connectivity index (χ1v) is 6.20. The number of aromatic nitrogens is 2. The first-order valence-electron chi connectivity index (χ1n) is 6.20. The second-order valence-corrected chi connectivity index (χ2v) is 5.03. The Morgan fingerprint density at radius 2 is 2.06 bits per heavy atom. The van der Waals surface area contributed by atoms with Crippen LogP contribution in [0.4, 0.5) is 0 Å². The van der Waals surface area contributed by atoms with Gasteiger partial charge in [0.25, 0.3) is 0 Å². The number of hydrogen-bond acceptors (Lipinski definition) is 3. The molecule has 1 saturated carbocycles. The fourth-order valence-corrected chi connectivity index (χ4v) is 2.63. The lowest BCUT2D eigenvalue weighted by Gasteiger charge is -2.19. The van der Waals surface area contributed by atoms with E-state index >= 15 is 0 Å². The van der Waals surface area contributed by atoms with E-state index in [9.17, 15) is 0 Å². The molecule has 88 valence electrons. The van der Waals surface area contributed by atoms with E-state index in [2.05, 4.69) is 29.1 Å². The molecule has 3 unspecified atom stereocenters. The van der Waals surface area contributed by atoms with Crippen molar-refractivity contribution in [1.82, 2.24) is 15.3 Å². The number of aryl methyl sites for hydroxylation is 1. The van der Waals surface area contributed by atoms with Crippen molar-refractivity contribution in [2.45, 2.75) is 52.1 Å². The standard InChI is InChI=1S/C13H21N3/c1-9-4-5-12(8-9)16-11(3)13-10(2)14-6-7-15-13/h6-7,9,11-12,16H,4-5,8H2,1-3H3. The van der Waals surface area contributed by atoms with E-state index in [1.807, 2.05) is 6.92 Å². The Labute approximate surface area is 97.7 Å². The fourth-order valence-electron chi connectivity index (χ4n) is 2.63. The SMILES string of the molecule is Cc1nccnc1C(C)NC1CCC(C)C1. The van der Waals surface area contributed by atoms with E-state index in [1.165, 1.54) is 19.3 Å². The minimum Gasteiger partial charge on any atom is -0.306 e. The van der Waals surface area contributed by atoms with Gasteiger partial charge in [0.15, 0.2) is 0 Å². The van der Waals surface area contributed by atoms with Gasteiger partial charge in [-0.3, -0.25) is 9.97 Å². The van der Waals surface area contributed by atoms with Gasteiger partial charge in [0.05, 0.1) is 11.4 Å². The van der Waals surface area contributed by atoms with Gasteiger partial charge in [0.1, 0.15) is 0 Å². The average Bonchev–Trinajstić information content (AvgIpc) is 2.64. The molecule has 1 fully saturated rings. The van der Waals surface area contributed by atoms with E-state index in [1.54, 1.807) is 12.4 Å². The van der Waals surface area contributed by atoms with Crippen LogP contribution >= 0.6 is 0 Å². The van der Waals surface area contributed by atoms with Crippen LogP contribution in [0, 0.1) is 12.8 Å². The lowest BCUT2D eigenvalue weighted by Crippen LogP contribution is -2.30. The summed E-state index contributed by atoms with van der Waals surface area (Å²) in [6, 6.07) is 0.968. The van der Waals surface area contributed by atoms with Crippen LogP contribution in [0.3, 0.4) is 0 Å². The van der Waals surface area contributed by atoms with Crippen molar-refractivity contribution in [3.63, 3.8) is 0 Å². The third-order valence-corrected chi connectivity index (χ3v) is 3.51. The first kappa shape index (κ1) is 11.5. The van der Waals surface area contributed by atoms with Crippen LogP contribution < -0.4 is 5.32 Å². The molecule has 1 heterocycles. The van der Waals surface area contributed by atoms with Gasteiger partial charge in [-0.2, -0.15) is 0 Å². The second kappa shape index (κ2) is 4.91. The Hall–Kier alpha value is -0.960. The molecule has 3 heteroatoms. The molecule has 0 spiro atoms. The normalized spacial score (nSPS) is 26.9. The monoisotopic (exact) mass is 219 g/mol. The summed E-state index contributed by atoms with van der Waals surface area (Å²) in [6.45, 7) is 6.54. The molecule has 16 heavy (non-hydrogen) atoms. The minimum absolute atomic E-state index is 0.309. The summed E-state index contributed by atoms with van der Waals surface area (Å²) in [5.41, 5.74) is 2.12. The molecule has 0 saturated heterocycles. The van der Waals surface area contributed by atoms with Crippen LogP contribution in [0.5, 0.6) is 0 Å². The molecule has 0 aromatic carbocycles. The van der Waals surface area contributed by atoms with Gasteiger partial charge in [-0.25, -0.2) is 0 Å². The van der Waals surface area contributed by atoms with Crippen molar-refractivity contribution < 1.29 is 0 Å². The molecule has 0 radical (unpaired) electrons. The molecule has 0 amide bonds. The molecule has 3 atom stereocenters. The molecule has 1 N–H and O–H groups in total. The molecule has 0 bridgehead atoms. The van der Waals surface area contributed by atoms with Crippen molar-refractivity contribution in [3.8, 4) is 0 Å². The molecule has 3 nitrogen and oxygen atoms in total. The summed E-state index contributed by atoms with van der Waals surface area (Å²) < 4.78 is 0. The summed E-state index contributed by atoms with van der Waals surface area (Å²) in [6.07, 6.45) is 7.47. The van der Waals surface area contributed by atoms with Gasteiger partial charge in [-0.15, -0.1) is 0 Å². The Balaban J connectivity index is 1.98. The van der Waals surface area contributed by atoms with Crippen molar-refractivity contribution >= 4 is 0 Å². The van der Waals surface area contributed by atoms with Gasteiger partial charge in [0.2, 0.25) is 0 Å². The Morgan fingerprint density at radius 1 is 1.31 bits per heavy atom. The van der Waals surface area contributed by atoms with E-state index < -0.39 is 0 Å². The number of nitrogens with one attached hydrogen (secondary N) is 1. The molecule has 1 aromatic rings. The molecule has 1 aromatic heterocycles. The maximum Gasteiger partial charge on any atom is 0.0782 e. The highest BCUT2D eigenvalue weighted by molar-refractivity contribution is 5.12. The summed E-state index contributed by atoms with van der Waals surface area (Å²) in [4.78, 5) is 8.70. The summed E-state index contributed by atoms with van der Waals surface area (Å²) in [5, 5.41) is 3.66. The van der Waals surface area contributed by atoms with Crippen molar-refractivity contribution in [2.75, 3.05) is 0 Å². The van der Waals surface area contributed by atoms with Crippen molar-refractivity contribution in [2.24, 2.45) is 5.92 Å². The van der Waals surface area contributed by atoms with Crippen LogP contribution in [0.1, 0.15) is 50.5 Å². The van der Waals surface area contributed by atoms with E-state index in [0.29, 0.717) is 12.1 Å². The highest BCUT2D eigenvalue weighted by atomic mass is 15.0. The van der Waals surface area contributed by atoms with Crippen molar-refractivity contribution in [3.05, 3.63) is 23.8 Å². The largest absolute Gasteiger partial charge is 0.306 e. The third-order valence-electron chi connectivity index (χ3n) is 3.51. The van der Waals surface area contributed by atoms with Crippen LogP contribution in [-0.4, -0.2) is 16.0 Å². The lowest BCUT2D eigenvalue weighted by molar-refractivity contribution is 0.441. The van der Waals surface area contributed by atoms with E-state index in [4.69, 9.17) is 0 Å². The zero-order valence-corrected chi connectivity index (χ0v) is 10.4. The first-order chi connectivity index (χ1) is 7.66. The fraction of sp³-hybridized carbons (Fsp3) is 0.692. The Bertz CT molecular complexity index is 351. The second-order valence-electron chi connectivity index (χ2n) is 5.03. The Morgan fingerprint density at radius 3 is 2.69 bits per heavy atom. The minimum atomic E-state index is 0.309. The highest BCUT2D eigenvalue weighted by Gasteiger charge is 2.23. The van der Waals surface area contributed by atoms with Gasteiger partial charge in [-0.1, -0.05) is 6.92 Å². The van der Waals surface area contributed by atoms with Crippen LogP contribution in [0.15, 0.2) is 12.4 Å². The summed E-state index contributed by atoms with van der Waals surface area (Å²) in [7, 11) is 0. The molecular formula is C13H21N3. The van der Waals surface area contributed by atoms with Gasteiger partial charge in [0, 0.05) is 24.5 Å². The van der Waals surface area contributed by atoms with Crippen molar-refractivity contribution in [1.29, 1.82) is 0 Å². The molecular weight excluding hydrogens is 198 g/mol.